The molecule has 0 spiro atoms. The zero-order valence-electron chi connectivity index (χ0n) is 18.9. The van der Waals surface area contributed by atoms with Crippen LogP contribution in [0.2, 0.25) is 0 Å². The Hall–Kier alpha value is -3.72. The predicted molar refractivity (Wildman–Crippen MR) is 126 cm³/mol. The Bertz CT molecular complexity index is 1270. The lowest BCUT2D eigenvalue weighted by molar-refractivity contribution is 0.0967. The Morgan fingerprint density at radius 1 is 1.15 bits per heavy atom. The van der Waals surface area contributed by atoms with Crippen LogP contribution in [0.1, 0.15) is 28.5 Å². The molecule has 0 atom stereocenters. The summed E-state index contributed by atoms with van der Waals surface area (Å²) < 4.78 is 8.63. The molecule has 1 saturated heterocycles. The molecule has 4 heterocycles. The topological polar surface area (TPSA) is 97.5 Å². The summed E-state index contributed by atoms with van der Waals surface area (Å²) in [6, 6.07) is 9.52. The summed E-state index contributed by atoms with van der Waals surface area (Å²) >= 11 is 0. The summed E-state index contributed by atoms with van der Waals surface area (Å²) in [6.45, 7) is 7.73. The first-order valence-electron chi connectivity index (χ1n) is 11.0. The lowest BCUT2D eigenvalue weighted by Gasteiger charge is -2.28. The van der Waals surface area contributed by atoms with Crippen LogP contribution in [-0.4, -0.2) is 56.5 Å². The Balaban J connectivity index is 0.000000214. The maximum absolute atomic E-state index is 12.4. The van der Waals surface area contributed by atoms with E-state index in [9.17, 15) is 9.59 Å². The van der Waals surface area contributed by atoms with Crippen molar-refractivity contribution in [2.24, 2.45) is 0 Å². The minimum atomic E-state index is -0.111. The highest BCUT2D eigenvalue weighted by Crippen LogP contribution is 2.17. The first-order valence-corrected chi connectivity index (χ1v) is 11.0. The van der Waals surface area contributed by atoms with E-state index in [0.717, 1.165) is 55.2 Å². The Morgan fingerprint density at radius 3 is 2.58 bits per heavy atom. The quantitative estimate of drug-likeness (QED) is 0.471. The molecule has 3 aromatic heterocycles. The molecular weight excluding hydrogens is 420 g/mol. The first-order chi connectivity index (χ1) is 16.0. The van der Waals surface area contributed by atoms with E-state index in [4.69, 9.17) is 4.74 Å². The summed E-state index contributed by atoms with van der Waals surface area (Å²) in [5.41, 5.74) is 4.53. The van der Waals surface area contributed by atoms with Crippen molar-refractivity contribution in [1.29, 1.82) is 0 Å². The normalized spacial score (nSPS) is 13.6. The van der Waals surface area contributed by atoms with Crippen LogP contribution in [0.4, 0.5) is 5.69 Å². The van der Waals surface area contributed by atoms with E-state index in [1.165, 1.54) is 4.52 Å². The van der Waals surface area contributed by atoms with E-state index in [-0.39, 0.29) is 17.9 Å². The largest absolute Gasteiger partial charge is 0.378 e. The minimum Gasteiger partial charge on any atom is -0.378 e. The molecular formula is C24H28N6O3. The van der Waals surface area contributed by atoms with E-state index >= 15 is 0 Å². The maximum Gasteiger partial charge on any atom is 0.273 e. The fraction of sp³-hybridized carbons (Fsp3) is 0.333. The van der Waals surface area contributed by atoms with Gasteiger partial charge in [0.2, 0.25) is 0 Å². The van der Waals surface area contributed by atoms with Crippen molar-refractivity contribution in [2.75, 3.05) is 31.2 Å². The molecule has 1 aliphatic heterocycles. The van der Waals surface area contributed by atoms with E-state index in [1.54, 1.807) is 29.3 Å². The monoisotopic (exact) mass is 448 g/mol. The second-order valence-corrected chi connectivity index (χ2v) is 7.83. The van der Waals surface area contributed by atoms with Gasteiger partial charge in [0.1, 0.15) is 12.1 Å². The molecule has 0 amide bonds. The molecule has 5 rings (SSSR count). The van der Waals surface area contributed by atoms with Crippen molar-refractivity contribution in [3.8, 4) is 0 Å². The van der Waals surface area contributed by atoms with Crippen LogP contribution in [0.5, 0.6) is 0 Å². The smallest absolute Gasteiger partial charge is 0.273 e. The number of carbonyl (C=O) groups is 1. The van der Waals surface area contributed by atoms with Crippen molar-refractivity contribution >= 4 is 17.0 Å². The predicted octanol–water partition coefficient (Wildman–Crippen LogP) is 2.50. The summed E-state index contributed by atoms with van der Waals surface area (Å²) in [5.74, 6) is 0.0867. The van der Waals surface area contributed by atoms with Crippen molar-refractivity contribution in [3.63, 3.8) is 0 Å². The molecule has 1 aliphatic rings. The summed E-state index contributed by atoms with van der Waals surface area (Å²) in [6.07, 6.45) is 7.67. The number of anilines is 1. The number of aromatic amines is 1. The number of aromatic nitrogens is 5. The Morgan fingerprint density at radius 2 is 1.91 bits per heavy atom. The third-order valence-electron chi connectivity index (χ3n) is 5.59. The number of nitrogens with one attached hydrogen (secondary N) is 1. The van der Waals surface area contributed by atoms with Crippen LogP contribution in [0.25, 0.3) is 5.52 Å². The van der Waals surface area contributed by atoms with E-state index in [2.05, 4.69) is 27.0 Å². The van der Waals surface area contributed by atoms with Crippen LogP contribution in [0.15, 0.2) is 59.9 Å². The average molecular weight is 449 g/mol. The lowest BCUT2D eigenvalue weighted by atomic mass is 10.1. The van der Waals surface area contributed by atoms with Gasteiger partial charge in [0.25, 0.3) is 5.56 Å². The number of rotatable bonds is 5. The fourth-order valence-corrected chi connectivity index (χ4v) is 3.78. The molecule has 33 heavy (non-hydrogen) atoms. The van der Waals surface area contributed by atoms with Crippen molar-refractivity contribution in [2.45, 2.75) is 26.8 Å². The molecule has 0 saturated carbocycles. The number of morpholine rings is 1. The highest BCUT2D eigenvalue weighted by molar-refractivity contribution is 5.96. The molecule has 0 bridgehead atoms. The zero-order chi connectivity index (χ0) is 23.2. The molecule has 1 N–H and O–H groups in total. The third kappa shape index (κ3) is 5.38. The van der Waals surface area contributed by atoms with Gasteiger partial charge in [-0.25, -0.2) is 4.52 Å². The Kier molecular flexibility index (Phi) is 6.99. The number of carbonyl (C=O) groups excluding carboxylic acids is 1. The van der Waals surface area contributed by atoms with Gasteiger partial charge in [-0.3, -0.25) is 14.3 Å². The number of hydrogen-bond acceptors (Lipinski definition) is 6. The second-order valence-electron chi connectivity index (χ2n) is 7.83. The number of nitrogens with zero attached hydrogens (tertiary/aromatic N) is 5. The summed E-state index contributed by atoms with van der Waals surface area (Å²) in [7, 11) is 0. The first kappa shape index (κ1) is 22.5. The standard InChI is InChI=1S/C18H23N3O2.C6H5N3O/c1-3-17-14(2)12-21(19-17)13-18(22)15-4-6-16(7-5-15)20-8-10-23-11-9-20;10-6-5-1-2-8-9(5)4-3-7-6/h4-7,12H,3,8-11,13H2,1-2H3;1-4H,(H,7,10). The van der Waals surface area contributed by atoms with Crippen molar-refractivity contribution in [1.82, 2.24) is 24.4 Å². The van der Waals surface area contributed by atoms with Crippen LogP contribution in [0, 0.1) is 6.92 Å². The average Bonchev–Trinajstić information content (AvgIpc) is 3.47. The number of benzene rings is 1. The van der Waals surface area contributed by atoms with E-state index < -0.39 is 0 Å². The van der Waals surface area contributed by atoms with Gasteiger partial charge >= 0.3 is 0 Å². The highest BCUT2D eigenvalue weighted by Gasteiger charge is 2.13. The van der Waals surface area contributed by atoms with Gasteiger partial charge in [0.15, 0.2) is 5.78 Å². The number of hydrogen-bond donors (Lipinski definition) is 1. The van der Waals surface area contributed by atoms with Gasteiger partial charge in [-0.15, -0.1) is 0 Å². The summed E-state index contributed by atoms with van der Waals surface area (Å²) in [5, 5.41) is 8.33. The highest BCUT2D eigenvalue weighted by atomic mass is 16.5. The molecule has 172 valence electrons. The lowest BCUT2D eigenvalue weighted by Crippen LogP contribution is -2.36. The number of H-pyrrole nitrogens is 1. The third-order valence-corrected chi connectivity index (χ3v) is 5.59. The zero-order valence-corrected chi connectivity index (χ0v) is 18.9. The second kappa shape index (κ2) is 10.3. The van der Waals surface area contributed by atoms with Gasteiger partial charge < -0.3 is 14.6 Å². The minimum absolute atomic E-state index is 0.0867. The number of aryl methyl sites for hydroxylation is 2. The fourth-order valence-electron chi connectivity index (χ4n) is 3.78. The molecule has 0 unspecified atom stereocenters. The van der Waals surface area contributed by atoms with Crippen LogP contribution >= 0.6 is 0 Å². The molecule has 4 aromatic rings. The molecule has 0 radical (unpaired) electrons. The number of ketones is 1. The molecule has 9 nitrogen and oxygen atoms in total. The van der Waals surface area contributed by atoms with Crippen LogP contribution < -0.4 is 10.5 Å². The summed E-state index contributed by atoms with van der Waals surface area (Å²) in [4.78, 5) is 28.2. The number of Topliss-reactive ketones (excluding diaryl/α,β-unsaturated/α-hetero) is 1. The Labute approximate surface area is 191 Å². The van der Waals surface area contributed by atoms with Crippen molar-refractivity contribution < 1.29 is 9.53 Å². The van der Waals surface area contributed by atoms with Gasteiger partial charge in [-0.1, -0.05) is 6.92 Å². The number of ether oxygens (including phenoxy) is 1. The molecule has 1 fully saturated rings. The molecule has 9 heteroatoms. The van der Waals surface area contributed by atoms with Gasteiger partial charge in [-0.2, -0.15) is 10.2 Å². The van der Waals surface area contributed by atoms with E-state index in [0.29, 0.717) is 5.52 Å². The van der Waals surface area contributed by atoms with Crippen LogP contribution in [0.3, 0.4) is 0 Å². The maximum atomic E-state index is 12.4. The van der Waals surface area contributed by atoms with Gasteiger partial charge in [0.05, 0.1) is 25.1 Å². The van der Waals surface area contributed by atoms with Crippen molar-refractivity contribution in [3.05, 3.63) is 82.3 Å². The van der Waals surface area contributed by atoms with Crippen LogP contribution in [-0.2, 0) is 17.7 Å². The van der Waals surface area contributed by atoms with E-state index in [1.807, 2.05) is 37.4 Å². The van der Waals surface area contributed by atoms with Gasteiger partial charge in [0, 0.05) is 42.9 Å². The molecule has 0 aliphatic carbocycles. The molecule has 1 aromatic carbocycles. The number of fused-ring (bicyclic) bond motifs is 1. The SMILES string of the molecule is CCc1nn(CC(=O)c2ccc(N3CCOCC3)cc2)cc1C.O=c1[nH]ccn2nccc12. The van der Waals surface area contributed by atoms with Gasteiger partial charge in [-0.05, 0) is 49.2 Å².